The molecule has 0 N–H and O–H groups in total. The molecule has 0 saturated heterocycles. The summed E-state index contributed by atoms with van der Waals surface area (Å²) >= 11 is 0. The van der Waals surface area contributed by atoms with E-state index in [1.807, 2.05) is 0 Å². The molecule has 2 nitrogen and oxygen atoms in total. The van der Waals surface area contributed by atoms with E-state index < -0.39 is 0 Å². The lowest BCUT2D eigenvalue weighted by molar-refractivity contribution is -0.0458. The lowest BCUT2D eigenvalue weighted by atomic mass is 10.0. The molecule has 2 atom stereocenters. The highest BCUT2D eigenvalue weighted by Gasteiger charge is 2.24. The van der Waals surface area contributed by atoms with Gasteiger partial charge in [0.1, 0.15) is 12.2 Å². The number of ether oxygens (including phenoxy) is 2. The second kappa shape index (κ2) is 7.02. The zero-order valence-corrected chi connectivity index (χ0v) is 9.37. The summed E-state index contributed by atoms with van der Waals surface area (Å²) in [6.07, 6.45) is 9.29. The summed E-state index contributed by atoms with van der Waals surface area (Å²) in [6.45, 7) is 6.07. The van der Waals surface area contributed by atoms with Crippen LogP contribution in [0.15, 0.2) is 12.2 Å². The Morgan fingerprint density at radius 2 is 1.29 bits per heavy atom. The van der Waals surface area contributed by atoms with Crippen molar-refractivity contribution in [2.45, 2.75) is 51.7 Å². The summed E-state index contributed by atoms with van der Waals surface area (Å²) in [5.74, 6) is 0. The maximum Gasteiger partial charge on any atom is 0.105 e. The highest BCUT2D eigenvalue weighted by molar-refractivity contribution is 5.13. The Kier molecular flexibility index (Phi) is 5.88. The molecule has 82 valence electrons. The van der Waals surface area contributed by atoms with Crippen LogP contribution < -0.4 is 0 Å². The van der Waals surface area contributed by atoms with Crippen LogP contribution in [0.5, 0.6) is 0 Å². The Morgan fingerprint density at radius 1 is 0.857 bits per heavy atom. The van der Waals surface area contributed by atoms with Crippen LogP contribution in [0.25, 0.3) is 0 Å². The van der Waals surface area contributed by atoms with E-state index in [1.165, 1.54) is 12.8 Å². The molecule has 0 unspecified atom stereocenters. The second-order valence-electron chi connectivity index (χ2n) is 3.76. The van der Waals surface area contributed by atoms with Crippen molar-refractivity contribution in [3.8, 4) is 0 Å². The third kappa shape index (κ3) is 3.81. The summed E-state index contributed by atoms with van der Waals surface area (Å²) in [5, 5.41) is 0. The second-order valence-corrected chi connectivity index (χ2v) is 3.76. The van der Waals surface area contributed by atoms with Gasteiger partial charge in [-0.15, -0.1) is 0 Å². The van der Waals surface area contributed by atoms with Gasteiger partial charge in [-0.1, -0.05) is 38.8 Å². The first-order chi connectivity index (χ1) is 6.88. The van der Waals surface area contributed by atoms with Crippen molar-refractivity contribution in [2.75, 3.05) is 13.2 Å². The van der Waals surface area contributed by atoms with E-state index >= 15 is 0 Å². The Morgan fingerprint density at radius 3 is 1.57 bits per heavy atom. The predicted molar refractivity (Wildman–Crippen MR) is 58.4 cm³/mol. The van der Waals surface area contributed by atoms with Crippen molar-refractivity contribution < 1.29 is 9.47 Å². The fraction of sp³-hybridized carbons (Fsp3) is 0.833. The molecule has 0 saturated carbocycles. The fourth-order valence-corrected chi connectivity index (χ4v) is 1.32. The lowest BCUT2D eigenvalue weighted by Gasteiger charge is -2.29. The van der Waals surface area contributed by atoms with E-state index in [-0.39, 0.29) is 12.2 Å². The zero-order chi connectivity index (χ0) is 10.2. The number of rotatable bonds is 8. The molecule has 1 aliphatic rings. The Labute approximate surface area is 87.3 Å². The van der Waals surface area contributed by atoms with Crippen molar-refractivity contribution in [1.82, 2.24) is 0 Å². The standard InChI is InChI=1S/C12H22O2/c1-3-5-9-13-11-7-8-12(11)14-10-6-4-2/h7-8,11-12H,3-6,9-10H2,1-2H3/t11-,12+. The third-order valence-corrected chi connectivity index (χ3v) is 2.43. The summed E-state index contributed by atoms with van der Waals surface area (Å²) in [6, 6.07) is 0. The molecule has 0 amide bonds. The SMILES string of the molecule is CCCCO[C@H]1C=C[C@H]1OCCCC. The maximum atomic E-state index is 5.65. The van der Waals surface area contributed by atoms with Crippen LogP contribution in [0.3, 0.4) is 0 Å². The number of hydrogen-bond donors (Lipinski definition) is 0. The van der Waals surface area contributed by atoms with Gasteiger partial charge in [0.05, 0.1) is 0 Å². The average Bonchev–Trinajstić information content (AvgIpc) is 2.17. The minimum absolute atomic E-state index is 0.221. The van der Waals surface area contributed by atoms with Crippen LogP contribution in [-0.2, 0) is 9.47 Å². The molecule has 0 aromatic carbocycles. The van der Waals surface area contributed by atoms with Crippen LogP contribution in [0.1, 0.15) is 39.5 Å². The van der Waals surface area contributed by atoms with Crippen molar-refractivity contribution in [2.24, 2.45) is 0 Å². The average molecular weight is 198 g/mol. The minimum Gasteiger partial charge on any atom is -0.371 e. The molecule has 0 fully saturated rings. The Bertz CT molecular complexity index is 148. The van der Waals surface area contributed by atoms with E-state index in [0.717, 1.165) is 26.1 Å². The molecule has 0 bridgehead atoms. The maximum absolute atomic E-state index is 5.65. The van der Waals surface area contributed by atoms with E-state index in [4.69, 9.17) is 9.47 Å². The summed E-state index contributed by atoms with van der Waals surface area (Å²) in [4.78, 5) is 0. The predicted octanol–water partition coefficient (Wildman–Crippen LogP) is 2.93. The van der Waals surface area contributed by atoms with Crippen LogP contribution in [0.4, 0.5) is 0 Å². The number of hydrogen-bond acceptors (Lipinski definition) is 2. The quantitative estimate of drug-likeness (QED) is 0.441. The molecule has 14 heavy (non-hydrogen) atoms. The first-order valence-corrected chi connectivity index (χ1v) is 5.80. The van der Waals surface area contributed by atoms with Gasteiger partial charge in [0, 0.05) is 13.2 Å². The summed E-state index contributed by atoms with van der Waals surface area (Å²) in [7, 11) is 0. The molecule has 0 spiro atoms. The molecular formula is C12H22O2. The minimum atomic E-state index is 0.221. The monoisotopic (exact) mass is 198 g/mol. The highest BCUT2D eigenvalue weighted by atomic mass is 16.5. The molecular weight excluding hydrogens is 176 g/mol. The van der Waals surface area contributed by atoms with Gasteiger partial charge >= 0.3 is 0 Å². The van der Waals surface area contributed by atoms with Gasteiger partial charge in [-0.2, -0.15) is 0 Å². The first-order valence-electron chi connectivity index (χ1n) is 5.80. The molecule has 1 rings (SSSR count). The normalized spacial score (nSPS) is 25.0. The smallest absolute Gasteiger partial charge is 0.105 e. The van der Waals surface area contributed by atoms with E-state index in [2.05, 4.69) is 26.0 Å². The van der Waals surface area contributed by atoms with E-state index in [1.54, 1.807) is 0 Å². The van der Waals surface area contributed by atoms with E-state index in [9.17, 15) is 0 Å². The molecule has 0 aromatic rings. The highest BCUT2D eigenvalue weighted by Crippen LogP contribution is 2.18. The Hall–Kier alpha value is -0.340. The van der Waals surface area contributed by atoms with Crippen molar-refractivity contribution >= 4 is 0 Å². The van der Waals surface area contributed by atoms with Gasteiger partial charge in [-0.3, -0.25) is 0 Å². The molecule has 0 heterocycles. The molecule has 1 aliphatic carbocycles. The third-order valence-electron chi connectivity index (χ3n) is 2.43. The fourth-order valence-electron chi connectivity index (χ4n) is 1.32. The molecule has 0 aliphatic heterocycles. The molecule has 0 aromatic heterocycles. The topological polar surface area (TPSA) is 18.5 Å². The summed E-state index contributed by atoms with van der Waals surface area (Å²) in [5.41, 5.74) is 0. The van der Waals surface area contributed by atoms with Gasteiger partial charge in [0.15, 0.2) is 0 Å². The van der Waals surface area contributed by atoms with Crippen molar-refractivity contribution in [3.05, 3.63) is 12.2 Å². The molecule has 2 heteroatoms. The first kappa shape index (κ1) is 11.7. The molecule has 0 radical (unpaired) electrons. The van der Waals surface area contributed by atoms with Gasteiger partial charge in [0.25, 0.3) is 0 Å². The van der Waals surface area contributed by atoms with Crippen LogP contribution in [0, 0.1) is 0 Å². The van der Waals surface area contributed by atoms with Crippen LogP contribution in [-0.4, -0.2) is 25.4 Å². The van der Waals surface area contributed by atoms with E-state index in [0.29, 0.717) is 0 Å². The Balaban J connectivity index is 2.01. The van der Waals surface area contributed by atoms with Crippen molar-refractivity contribution in [3.63, 3.8) is 0 Å². The lowest BCUT2D eigenvalue weighted by Crippen LogP contribution is -2.35. The zero-order valence-electron chi connectivity index (χ0n) is 9.37. The largest absolute Gasteiger partial charge is 0.371 e. The van der Waals surface area contributed by atoms with Crippen molar-refractivity contribution in [1.29, 1.82) is 0 Å². The van der Waals surface area contributed by atoms with Gasteiger partial charge < -0.3 is 9.47 Å². The van der Waals surface area contributed by atoms with Gasteiger partial charge in [0.2, 0.25) is 0 Å². The van der Waals surface area contributed by atoms with Crippen LogP contribution >= 0.6 is 0 Å². The summed E-state index contributed by atoms with van der Waals surface area (Å²) < 4.78 is 11.3. The van der Waals surface area contributed by atoms with Crippen LogP contribution in [0.2, 0.25) is 0 Å². The van der Waals surface area contributed by atoms with Gasteiger partial charge in [-0.05, 0) is 12.8 Å². The number of unbranched alkanes of at least 4 members (excludes halogenated alkanes) is 2. The van der Waals surface area contributed by atoms with Gasteiger partial charge in [-0.25, -0.2) is 0 Å².